The second-order valence-electron chi connectivity index (χ2n) is 3.59. The zero-order chi connectivity index (χ0) is 11.7. The Morgan fingerprint density at radius 1 is 1.20 bits per heavy atom. The molecule has 0 spiro atoms. The zero-order valence-electron chi connectivity index (χ0n) is 10.4. The quantitative estimate of drug-likeness (QED) is 0.619. The van der Waals surface area contributed by atoms with Crippen molar-refractivity contribution in [2.45, 2.75) is 46.3 Å². The Balaban J connectivity index is 4.02. The summed E-state index contributed by atoms with van der Waals surface area (Å²) in [7, 11) is -2.40. The van der Waals surface area contributed by atoms with Crippen molar-refractivity contribution in [2.75, 3.05) is 19.8 Å². The minimum Gasteiger partial charge on any atom is -0.374 e. The first-order chi connectivity index (χ1) is 7.08. The van der Waals surface area contributed by atoms with Gasteiger partial charge in [0.05, 0.1) is 0 Å². The van der Waals surface area contributed by atoms with Crippen LogP contribution in [0.5, 0.6) is 0 Å². The summed E-state index contributed by atoms with van der Waals surface area (Å²) in [6, 6.07) is 0. The number of hydrogen-bond donors (Lipinski definition) is 1. The smallest absolute Gasteiger partial charge is 0.374 e. The average Bonchev–Trinajstić information content (AvgIpc) is 2.15. The van der Waals surface area contributed by atoms with Gasteiger partial charge in [0.15, 0.2) is 0 Å². The molecular formula is C10H25NO3Si. The van der Waals surface area contributed by atoms with Gasteiger partial charge in [-0.05, 0) is 40.2 Å². The second-order valence-corrected chi connectivity index (χ2v) is 6.13. The number of hydrogen-bond acceptors (Lipinski definition) is 4. The van der Waals surface area contributed by atoms with Crippen LogP contribution in [0.4, 0.5) is 0 Å². The molecule has 0 rings (SSSR count). The molecule has 0 aromatic heterocycles. The van der Waals surface area contributed by atoms with Crippen LogP contribution in [0.15, 0.2) is 0 Å². The summed E-state index contributed by atoms with van der Waals surface area (Å²) in [5.74, 6) is 0. The zero-order valence-corrected chi connectivity index (χ0v) is 11.4. The molecule has 4 nitrogen and oxygen atoms in total. The highest BCUT2D eigenvalue weighted by Gasteiger charge is 2.35. The van der Waals surface area contributed by atoms with Crippen LogP contribution in [0.2, 0.25) is 6.55 Å². The lowest BCUT2D eigenvalue weighted by molar-refractivity contribution is 0.0412. The molecule has 0 aromatic carbocycles. The molecule has 0 saturated carbocycles. The number of rotatable bonds is 9. The van der Waals surface area contributed by atoms with Crippen LogP contribution >= 0.6 is 0 Å². The van der Waals surface area contributed by atoms with Crippen LogP contribution in [-0.4, -0.2) is 34.7 Å². The topological polar surface area (TPSA) is 53.7 Å². The highest BCUT2D eigenvalue weighted by Crippen LogP contribution is 2.14. The molecule has 0 aliphatic carbocycles. The van der Waals surface area contributed by atoms with E-state index in [4.69, 9.17) is 19.0 Å². The maximum absolute atomic E-state index is 5.86. The van der Waals surface area contributed by atoms with E-state index in [1.54, 1.807) is 0 Å². The van der Waals surface area contributed by atoms with E-state index in [-0.39, 0.29) is 6.10 Å². The Hall–Kier alpha value is 0.0569. The molecule has 1 atom stereocenters. The van der Waals surface area contributed by atoms with Crippen molar-refractivity contribution in [3.05, 3.63) is 0 Å². The molecule has 15 heavy (non-hydrogen) atoms. The second kappa shape index (κ2) is 8.24. The minimum absolute atomic E-state index is 0.156. The molecule has 0 fully saturated rings. The molecule has 2 N–H and O–H groups in total. The predicted octanol–water partition coefficient (Wildman–Crippen LogP) is 1.77. The molecule has 92 valence electrons. The lowest BCUT2D eigenvalue weighted by Crippen LogP contribution is -2.45. The lowest BCUT2D eigenvalue weighted by atomic mass is 10.2. The van der Waals surface area contributed by atoms with Crippen molar-refractivity contribution < 1.29 is 13.3 Å². The van der Waals surface area contributed by atoms with Gasteiger partial charge >= 0.3 is 8.80 Å². The predicted molar refractivity (Wildman–Crippen MR) is 63.7 cm³/mol. The summed E-state index contributed by atoms with van der Waals surface area (Å²) in [4.78, 5) is 0. The molecule has 0 unspecified atom stereocenters. The summed E-state index contributed by atoms with van der Waals surface area (Å²) < 4.78 is 17.0. The van der Waals surface area contributed by atoms with Crippen molar-refractivity contribution in [2.24, 2.45) is 5.73 Å². The van der Waals surface area contributed by atoms with Crippen LogP contribution in [0.3, 0.4) is 0 Å². The molecule has 0 aliphatic rings. The monoisotopic (exact) mass is 235 g/mol. The summed E-state index contributed by atoms with van der Waals surface area (Å²) in [6.07, 6.45) is 2.09. The van der Waals surface area contributed by atoms with Gasteiger partial charge in [-0.15, -0.1) is 0 Å². The highest BCUT2D eigenvalue weighted by atomic mass is 28.4. The Kier molecular flexibility index (Phi) is 8.27. The van der Waals surface area contributed by atoms with Crippen molar-refractivity contribution >= 4 is 8.80 Å². The van der Waals surface area contributed by atoms with Crippen LogP contribution in [0.25, 0.3) is 0 Å². The molecule has 0 aromatic rings. The summed E-state index contributed by atoms with van der Waals surface area (Å²) in [5, 5.41) is 0. The van der Waals surface area contributed by atoms with Gasteiger partial charge in [0.25, 0.3) is 0 Å². The van der Waals surface area contributed by atoms with E-state index >= 15 is 0 Å². The van der Waals surface area contributed by atoms with E-state index in [1.165, 1.54) is 0 Å². The standard InChI is InChI=1S/C10H25NO3Si/c1-5-12-15(4,13-6-2)14-10(3)8-7-9-11/h10H,5-9,11H2,1-4H3/t10-/m1/s1. The molecular weight excluding hydrogens is 210 g/mol. The largest absolute Gasteiger partial charge is 0.497 e. The van der Waals surface area contributed by atoms with Crippen LogP contribution < -0.4 is 5.73 Å². The first kappa shape index (κ1) is 15.1. The highest BCUT2D eigenvalue weighted by molar-refractivity contribution is 6.59. The summed E-state index contributed by atoms with van der Waals surface area (Å²) in [6.45, 7) is 9.86. The fraction of sp³-hybridized carbons (Fsp3) is 1.00. The van der Waals surface area contributed by atoms with Crippen molar-refractivity contribution in [3.63, 3.8) is 0 Å². The third-order valence-electron chi connectivity index (χ3n) is 2.04. The molecule has 0 bridgehead atoms. The Morgan fingerprint density at radius 3 is 2.13 bits per heavy atom. The van der Waals surface area contributed by atoms with Crippen molar-refractivity contribution in [3.8, 4) is 0 Å². The lowest BCUT2D eigenvalue weighted by Gasteiger charge is -2.28. The molecule has 0 radical (unpaired) electrons. The third kappa shape index (κ3) is 7.02. The van der Waals surface area contributed by atoms with Gasteiger partial charge in [-0.2, -0.15) is 0 Å². The van der Waals surface area contributed by atoms with E-state index in [9.17, 15) is 0 Å². The van der Waals surface area contributed by atoms with Crippen molar-refractivity contribution in [1.29, 1.82) is 0 Å². The Morgan fingerprint density at radius 2 is 1.73 bits per heavy atom. The van der Waals surface area contributed by atoms with Gasteiger partial charge in [0, 0.05) is 25.9 Å². The first-order valence-corrected chi connectivity index (χ1v) is 7.96. The fourth-order valence-corrected chi connectivity index (χ4v) is 3.58. The van der Waals surface area contributed by atoms with E-state index in [1.807, 2.05) is 27.3 Å². The average molecular weight is 235 g/mol. The van der Waals surface area contributed by atoms with Gasteiger partial charge in [-0.25, -0.2) is 0 Å². The van der Waals surface area contributed by atoms with Crippen LogP contribution in [-0.2, 0) is 13.3 Å². The Bertz CT molecular complexity index is 152. The van der Waals surface area contributed by atoms with E-state index in [0.717, 1.165) is 12.8 Å². The van der Waals surface area contributed by atoms with Gasteiger partial charge in [0.2, 0.25) is 0 Å². The maximum atomic E-state index is 5.86. The minimum atomic E-state index is -2.40. The molecule has 0 saturated heterocycles. The van der Waals surface area contributed by atoms with Crippen molar-refractivity contribution in [1.82, 2.24) is 0 Å². The van der Waals surface area contributed by atoms with Gasteiger partial charge in [0.1, 0.15) is 0 Å². The normalized spacial score (nSPS) is 14.2. The fourth-order valence-electron chi connectivity index (χ4n) is 1.46. The SMILES string of the molecule is CCO[Si](C)(OCC)O[C@H](C)CCCN. The van der Waals surface area contributed by atoms with E-state index < -0.39 is 8.80 Å². The maximum Gasteiger partial charge on any atom is 0.497 e. The van der Waals surface area contributed by atoms with Gasteiger partial charge < -0.3 is 19.0 Å². The number of nitrogens with two attached hydrogens (primary N) is 1. The van der Waals surface area contributed by atoms with E-state index in [0.29, 0.717) is 19.8 Å². The van der Waals surface area contributed by atoms with E-state index in [2.05, 4.69) is 0 Å². The van der Waals surface area contributed by atoms with Gasteiger partial charge in [-0.1, -0.05) is 0 Å². The summed E-state index contributed by atoms with van der Waals surface area (Å²) in [5.41, 5.74) is 5.45. The first-order valence-electron chi connectivity index (χ1n) is 5.73. The third-order valence-corrected chi connectivity index (χ3v) is 4.50. The summed E-state index contributed by atoms with van der Waals surface area (Å²) >= 11 is 0. The molecule has 0 aliphatic heterocycles. The molecule has 0 amide bonds. The van der Waals surface area contributed by atoms with Crippen LogP contribution in [0, 0.1) is 0 Å². The molecule has 0 heterocycles. The van der Waals surface area contributed by atoms with Crippen LogP contribution in [0.1, 0.15) is 33.6 Å². The molecule has 5 heteroatoms. The van der Waals surface area contributed by atoms with Gasteiger partial charge in [-0.3, -0.25) is 0 Å². The Labute approximate surface area is 94.5 Å².